The Bertz CT molecular complexity index is 2890. The van der Waals surface area contributed by atoms with Crippen LogP contribution >= 0.6 is 0 Å². The monoisotopic (exact) mass is 842 g/mol. The van der Waals surface area contributed by atoms with Crippen molar-refractivity contribution in [2.45, 2.75) is 27.7 Å². The smallest absolute Gasteiger partial charge is 0.221 e. The molecule has 0 atom stereocenters. The number of aromatic nitrogens is 4. The number of benzene rings is 4. The number of hydrogen-bond acceptors (Lipinski definition) is 6. The summed E-state index contributed by atoms with van der Waals surface area (Å²) in [4.78, 5) is 67.0. The maximum absolute atomic E-state index is 12.2. The van der Waals surface area contributed by atoms with Gasteiger partial charge >= 0.3 is 0 Å². The van der Waals surface area contributed by atoms with E-state index in [1.165, 1.54) is 27.7 Å². The maximum Gasteiger partial charge on any atom is 0.221 e. The van der Waals surface area contributed by atoms with E-state index in [0.717, 1.165) is 66.6 Å². The van der Waals surface area contributed by atoms with Crippen molar-refractivity contribution in [1.29, 1.82) is 0 Å². The molecule has 0 saturated heterocycles. The molecule has 8 bridgehead atoms. The molecule has 314 valence electrons. The SMILES string of the molecule is CC(=O)Nc1cccc(-c2c3nc(c(-c4cccc(NC(C)=O)c4)c4ccc([nH]4)c(-c4cccc(NC(C)=O)c4)c4nc(c(-c5cccc(NC(C)=O)c5)c5ccc2[nH]5)C=C4)C=C3)c1. The van der Waals surface area contributed by atoms with Gasteiger partial charge in [-0.25, -0.2) is 9.97 Å². The average Bonchev–Trinajstić information content (AvgIpc) is 4.09. The number of H-pyrrole nitrogens is 2. The Balaban J connectivity index is 1.44. The summed E-state index contributed by atoms with van der Waals surface area (Å²) in [6, 6.07) is 38.6. The minimum Gasteiger partial charge on any atom is -0.354 e. The van der Waals surface area contributed by atoms with Crippen molar-refractivity contribution >= 4 is 92.7 Å². The number of carbonyl (C=O) groups is 4. The van der Waals surface area contributed by atoms with Crippen LogP contribution in [0.5, 0.6) is 0 Å². The molecule has 4 aromatic carbocycles. The second-order valence-corrected chi connectivity index (χ2v) is 15.6. The largest absolute Gasteiger partial charge is 0.354 e. The van der Waals surface area contributed by atoms with Gasteiger partial charge in [0, 0.05) is 94.8 Å². The van der Waals surface area contributed by atoms with Crippen molar-refractivity contribution in [2.24, 2.45) is 0 Å². The Kier molecular flexibility index (Phi) is 10.8. The number of aromatic amines is 2. The highest BCUT2D eigenvalue weighted by atomic mass is 16.2. The molecule has 5 heterocycles. The predicted octanol–water partition coefficient (Wildman–Crippen LogP) is 11.2. The van der Waals surface area contributed by atoms with Gasteiger partial charge in [-0.15, -0.1) is 0 Å². The summed E-state index contributed by atoms with van der Waals surface area (Å²) in [6.07, 6.45) is 7.92. The van der Waals surface area contributed by atoms with E-state index in [0.29, 0.717) is 45.5 Å². The van der Waals surface area contributed by atoms with Crippen molar-refractivity contribution in [3.8, 4) is 44.5 Å². The number of rotatable bonds is 8. The lowest BCUT2D eigenvalue weighted by Crippen LogP contribution is -2.05. The highest BCUT2D eigenvalue weighted by molar-refractivity contribution is 6.02. The molecule has 2 aliphatic heterocycles. The summed E-state index contributed by atoms with van der Waals surface area (Å²) in [5.74, 6) is -0.758. The van der Waals surface area contributed by atoms with Gasteiger partial charge in [-0.3, -0.25) is 19.2 Å². The second-order valence-electron chi connectivity index (χ2n) is 15.6. The van der Waals surface area contributed by atoms with Crippen LogP contribution in [0.4, 0.5) is 22.7 Å². The van der Waals surface area contributed by atoms with Gasteiger partial charge in [0.2, 0.25) is 23.6 Å². The fourth-order valence-electron chi connectivity index (χ4n) is 8.24. The molecular weight excluding hydrogens is 801 g/mol. The van der Waals surface area contributed by atoms with Crippen LogP contribution in [-0.2, 0) is 19.2 Å². The van der Waals surface area contributed by atoms with Crippen molar-refractivity contribution in [1.82, 2.24) is 19.9 Å². The van der Waals surface area contributed by atoms with E-state index in [4.69, 9.17) is 9.97 Å². The van der Waals surface area contributed by atoms with Crippen LogP contribution in [0.3, 0.4) is 0 Å². The zero-order valence-electron chi connectivity index (χ0n) is 35.4. The number of carbonyl (C=O) groups excluding carboxylic acids is 4. The molecule has 0 radical (unpaired) electrons. The molecule has 64 heavy (non-hydrogen) atoms. The summed E-state index contributed by atoms with van der Waals surface area (Å²) < 4.78 is 0. The molecule has 4 amide bonds. The fraction of sp³-hybridized carbons (Fsp3) is 0.0769. The lowest BCUT2D eigenvalue weighted by atomic mass is 10.0. The number of nitrogens with one attached hydrogen (secondary N) is 6. The third-order valence-corrected chi connectivity index (χ3v) is 10.6. The highest BCUT2D eigenvalue weighted by Crippen LogP contribution is 2.40. The minimum absolute atomic E-state index is 0.190. The zero-order chi connectivity index (χ0) is 44.5. The third-order valence-electron chi connectivity index (χ3n) is 10.6. The number of hydrogen-bond donors (Lipinski definition) is 6. The normalized spacial score (nSPS) is 11.6. The molecule has 6 N–H and O–H groups in total. The fourth-order valence-corrected chi connectivity index (χ4v) is 8.24. The standard InChI is InChI=1S/C52H42N8O4/c1-29(61)53-37-13-5-9-33(25-37)49-41-17-19-43(57-41)50(34-10-6-14-38(26-34)54-30(2)62)45-21-23-47(59-45)52(36-12-8-16-40(28-36)56-32(4)64)48-24-22-46(60-48)51(44-20-18-42(49)58-44)35-11-7-15-39(27-35)55-31(3)63/h5-28,57,60H,1-4H3,(H,53,61)(H,54,62)(H,55,63)(H,56,64). The van der Waals surface area contributed by atoms with Crippen LogP contribution in [0.2, 0.25) is 0 Å². The van der Waals surface area contributed by atoms with E-state index in [2.05, 4.69) is 31.2 Å². The summed E-state index contributed by atoms with van der Waals surface area (Å²) in [6.45, 7) is 5.90. The van der Waals surface area contributed by atoms with Crippen LogP contribution in [0.1, 0.15) is 50.5 Å². The first-order valence-electron chi connectivity index (χ1n) is 20.6. The molecule has 12 nitrogen and oxygen atoms in total. The second kappa shape index (κ2) is 17.0. The maximum atomic E-state index is 12.2. The Labute approximate surface area is 368 Å². The molecule has 7 aromatic rings. The molecule has 2 aliphatic rings. The lowest BCUT2D eigenvalue weighted by molar-refractivity contribution is -0.115. The van der Waals surface area contributed by atoms with Crippen molar-refractivity contribution in [3.05, 3.63) is 144 Å². The van der Waals surface area contributed by atoms with Gasteiger partial charge in [-0.2, -0.15) is 0 Å². The molecule has 0 aliphatic carbocycles. The van der Waals surface area contributed by atoms with Crippen molar-refractivity contribution < 1.29 is 19.2 Å². The van der Waals surface area contributed by atoms with Crippen LogP contribution in [0.25, 0.3) is 90.9 Å². The summed E-state index contributed by atoms with van der Waals surface area (Å²) in [5.41, 5.74) is 14.6. The van der Waals surface area contributed by atoms with Crippen LogP contribution in [0, 0.1) is 0 Å². The van der Waals surface area contributed by atoms with E-state index >= 15 is 0 Å². The topological polar surface area (TPSA) is 174 Å². The molecule has 12 heteroatoms. The summed E-state index contributed by atoms with van der Waals surface area (Å²) in [7, 11) is 0. The first kappa shape index (κ1) is 40.7. The molecule has 0 spiro atoms. The third kappa shape index (κ3) is 8.48. The Morgan fingerprint density at radius 1 is 0.359 bits per heavy atom. The van der Waals surface area contributed by atoms with Crippen LogP contribution < -0.4 is 21.3 Å². The van der Waals surface area contributed by atoms with Gasteiger partial charge < -0.3 is 31.2 Å². The average molecular weight is 843 g/mol. The Hall–Kier alpha value is -8.64. The van der Waals surface area contributed by atoms with Gasteiger partial charge in [-0.1, -0.05) is 48.5 Å². The predicted molar refractivity (Wildman–Crippen MR) is 258 cm³/mol. The number of nitrogens with zero attached hydrogens (tertiary/aromatic N) is 2. The van der Waals surface area contributed by atoms with E-state index < -0.39 is 0 Å². The molecule has 0 fully saturated rings. The quantitative estimate of drug-likeness (QED) is 0.0888. The van der Waals surface area contributed by atoms with Crippen molar-refractivity contribution in [2.75, 3.05) is 21.3 Å². The van der Waals surface area contributed by atoms with Gasteiger partial charge in [0.1, 0.15) is 0 Å². The first-order chi connectivity index (χ1) is 30.9. The number of amides is 4. The van der Waals surface area contributed by atoms with Crippen LogP contribution in [0.15, 0.2) is 121 Å². The first-order valence-corrected chi connectivity index (χ1v) is 20.6. The van der Waals surface area contributed by atoms with Gasteiger partial charge in [0.05, 0.1) is 22.8 Å². The highest BCUT2D eigenvalue weighted by Gasteiger charge is 2.20. The number of anilines is 4. The van der Waals surface area contributed by atoms with Gasteiger partial charge in [-0.05, 0) is 119 Å². The molecule has 0 saturated carbocycles. The minimum atomic E-state index is -0.190. The molecule has 3 aromatic heterocycles. The van der Waals surface area contributed by atoms with Crippen LogP contribution in [-0.4, -0.2) is 43.6 Å². The van der Waals surface area contributed by atoms with Gasteiger partial charge in [0.25, 0.3) is 0 Å². The zero-order valence-corrected chi connectivity index (χ0v) is 35.4. The van der Waals surface area contributed by atoms with E-state index in [1.807, 2.05) is 146 Å². The van der Waals surface area contributed by atoms with E-state index in [9.17, 15) is 19.2 Å². The van der Waals surface area contributed by atoms with E-state index in [1.54, 1.807) is 0 Å². The molecule has 9 rings (SSSR count). The van der Waals surface area contributed by atoms with Crippen molar-refractivity contribution in [3.63, 3.8) is 0 Å². The summed E-state index contributed by atoms with van der Waals surface area (Å²) in [5, 5.41) is 11.7. The van der Waals surface area contributed by atoms with Gasteiger partial charge in [0.15, 0.2) is 0 Å². The number of fused-ring (bicyclic) bond motifs is 8. The Morgan fingerprint density at radius 2 is 0.594 bits per heavy atom. The molecule has 0 unspecified atom stereocenters. The summed E-state index contributed by atoms with van der Waals surface area (Å²) >= 11 is 0. The lowest BCUT2D eigenvalue weighted by Gasteiger charge is -2.10. The Morgan fingerprint density at radius 3 is 0.812 bits per heavy atom. The van der Waals surface area contributed by atoms with E-state index in [-0.39, 0.29) is 23.6 Å². The molecular formula is C52H42N8O4.